The molecule has 0 aliphatic rings. The Morgan fingerprint density at radius 2 is 1.66 bits per heavy atom. The maximum Gasteiger partial charge on any atom is 0.137 e. The number of benzene rings is 3. The lowest BCUT2D eigenvalue weighted by atomic mass is 10.0. The van der Waals surface area contributed by atoms with Crippen molar-refractivity contribution in [2.45, 2.75) is 13.0 Å². The number of anilines is 1. The van der Waals surface area contributed by atoms with Gasteiger partial charge in [0.15, 0.2) is 0 Å². The zero-order valence-electron chi connectivity index (χ0n) is 16.2. The Morgan fingerprint density at radius 1 is 0.897 bits per heavy atom. The summed E-state index contributed by atoms with van der Waals surface area (Å²) in [7, 11) is 1.71. The molecular weight excluding hydrogens is 365 g/mol. The van der Waals surface area contributed by atoms with Gasteiger partial charge in [0.2, 0.25) is 0 Å². The average Bonchev–Trinajstić information content (AvgIpc) is 2.75. The molecule has 0 amide bonds. The van der Waals surface area contributed by atoms with E-state index >= 15 is 0 Å². The van der Waals surface area contributed by atoms with Crippen LogP contribution in [0, 0.1) is 5.82 Å². The summed E-state index contributed by atoms with van der Waals surface area (Å²) in [6.45, 7) is 1.35. The van der Waals surface area contributed by atoms with Crippen molar-refractivity contribution in [3.05, 3.63) is 90.0 Å². The first-order valence-corrected chi connectivity index (χ1v) is 9.55. The summed E-state index contributed by atoms with van der Waals surface area (Å²) >= 11 is 0. The molecule has 3 aromatic carbocycles. The third kappa shape index (κ3) is 4.41. The van der Waals surface area contributed by atoms with Crippen LogP contribution in [-0.2, 0) is 17.8 Å². The summed E-state index contributed by atoms with van der Waals surface area (Å²) in [6, 6.07) is 20.8. The maximum absolute atomic E-state index is 13.2. The summed E-state index contributed by atoms with van der Waals surface area (Å²) in [6.07, 6.45) is 2.43. The fourth-order valence-electron chi connectivity index (χ4n) is 3.43. The third-order valence-electron chi connectivity index (χ3n) is 4.92. The highest BCUT2D eigenvalue weighted by Gasteiger charge is 2.07. The molecule has 0 saturated carbocycles. The smallest absolute Gasteiger partial charge is 0.137 e. The van der Waals surface area contributed by atoms with Crippen molar-refractivity contribution in [3.63, 3.8) is 0 Å². The fraction of sp³-hybridized carbons (Fsp3) is 0.167. The van der Waals surface area contributed by atoms with Crippen molar-refractivity contribution < 1.29 is 9.13 Å². The van der Waals surface area contributed by atoms with Gasteiger partial charge in [-0.3, -0.25) is 0 Å². The summed E-state index contributed by atoms with van der Waals surface area (Å²) in [4.78, 5) is 8.81. The first kappa shape index (κ1) is 19.0. The van der Waals surface area contributed by atoms with Crippen molar-refractivity contribution in [2.75, 3.05) is 19.0 Å². The minimum Gasteiger partial charge on any atom is -0.380 e. The minimum atomic E-state index is -0.242. The van der Waals surface area contributed by atoms with Gasteiger partial charge in [0, 0.05) is 19.0 Å². The number of nitrogens with one attached hydrogen (secondary N) is 1. The number of fused-ring (bicyclic) bond motifs is 1. The number of rotatable bonds is 7. The zero-order chi connectivity index (χ0) is 20.1. The molecule has 0 aliphatic heterocycles. The number of hydrogen-bond donors (Lipinski definition) is 1. The van der Waals surface area contributed by atoms with Crippen LogP contribution in [-0.4, -0.2) is 23.6 Å². The number of ether oxygens (including phenoxy) is 1. The number of aromatic nitrogens is 2. The Kier molecular flexibility index (Phi) is 5.77. The molecule has 0 unspecified atom stereocenters. The summed E-state index contributed by atoms with van der Waals surface area (Å²) in [5.74, 6) is 0.553. The maximum atomic E-state index is 13.2. The van der Waals surface area contributed by atoms with Crippen molar-refractivity contribution in [2.24, 2.45) is 0 Å². The van der Waals surface area contributed by atoms with E-state index in [0.29, 0.717) is 6.61 Å². The van der Waals surface area contributed by atoms with Crippen molar-refractivity contribution in [1.29, 1.82) is 0 Å². The minimum absolute atomic E-state index is 0.242. The lowest BCUT2D eigenvalue weighted by Gasteiger charge is -2.12. The molecule has 4 aromatic rings. The van der Waals surface area contributed by atoms with Crippen LogP contribution in [0.3, 0.4) is 0 Å². The number of methoxy groups -OCH3 is 1. The van der Waals surface area contributed by atoms with E-state index in [0.717, 1.165) is 40.8 Å². The summed E-state index contributed by atoms with van der Waals surface area (Å²) < 4.78 is 18.5. The highest BCUT2D eigenvalue weighted by atomic mass is 19.1. The van der Waals surface area contributed by atoms with Crippen LogP contribution >= 0.6 is 0 Å². The Bertz CT molecular complexity index is 1110. The predicted molar refractivity (Wildman–Crippen MR) is 114 cm³/mol. The van der Waals surface area contributed by atoms with Gasteiger partial charge in [-0.25, -0.2) is 14.4 Å². The van der Waals surface area contributed by atoms with Crippen molar-refractivity contribution in [1.82, 2.24) is 9.97 Å². The molecule has 1 heterocycles. The molecule has 0 fully saturated rings. The Balaban J connectivity index is 1.56. The SMILES string of the molecule is COCc1ccccc1CCNc1ncnc2ccc(-c3ccc(F)cc3)cc12. The van der Waals surface area contributed by atoms with Gasteiger partial charge < -0.3 is 10.1 Å². The van der Waals surface area contributed by atoms with E-state index in [1.54, 1.807) is 25.6 Å². The molecule has 4 nitrogen and oxygen atoms in total. The van der Waals surface area contributed by atoms with Gasteiger partial charge in [-0.2, -0.15) is 0 Å². The van der Waals surface area contributed by atoms with E-state index in [4.69, 9.17) is 4.74 Å². The average molecular weight is 387 g/mol. The molecule has 5 heteroatoms. The van der Waals surface area contributed by atoms with Gasteiger partial charge >= 0.3 is 0 Å². The van der Waals surface area contributed by atoms with E-state index in [-0.39, 0.29) is 5.82 Å². The Labute approximate surface area is 169 Å². The molecule has 0 spiro atoms. The highest BCUT2D eigenvalue weighted by molar-refractivity contribution is 5.92. The quantitative estimate of drug-likeness (QED) is 0.471. The van der Waals surface area contributed by atoms with Crippen LogP contribution in [0.4, 0.5) is 10.2 Å². The van der Waals surface area contributed by atoms with Crippen LogP contribution < -0.4 is 5.32 Å². The van der Waals surface area contributed by atoms with E-state index in [2.05, 4.69) is 27.4 Å². The van der Waals surface area contributed by atoms with Crippen molar-refractivity contribution in [3.8, 4) is 11.1 Å². The predicted octanol–water partition coefficient (Wildman–Crippen LogP) is 5.24. The van der Waals surface area contributed by atoms with Crippen molar-refractivity contribution >= 4 is 16.7 Å². The van der Waals surface area contributed by atoms with Crippen LogP contribution in [0.2, 0.25) is 0 Å². The highest BCUT2D eigenvalue weighted by Crippen LogP contribution is 2.27. The van der Waals surface area contributed by atoms with Gasteiger partial charge in [-0.1, -0.05) is 42.5 Å². The number of nitrogens with zero attached hydrogens (tertiary/aromatic N) is 2. The summed E-state index contributed by atoms with van der Waals surface area (Å²) in [5.41, 5.74) is 5.28. The second-order valence-corrected chi connectivity index (χ2v) is 6.84. The van der Waals surface area contributed by atoms with Crippen LogP contribution in [0.5, 0.6) is 0 Å². The number of halogens is 1. The molecule has 0 atom stereocenters. The molecule has 146 valence electrons. The van der Waals surface area contributed by atoms with E-state index in [9.17, 15) is 4.39 Å². The second kappa shape index (κ2) is 8.80. The first-order valence-electron chi connectivity index (χ1n) is 9.55. The molecule has 0 aliphatic carbocycles. The lowest BCUT2D eigenvalue weighted by Crippen LogP contribution is -2.08. The molecule has 1 N–H and O–H groups in total. The third-order valence-corrected chi connectivity index (χ3v) is 4.92. The fourth-order valence-corrected chi connectivity index (χ4v) is 3.43. The Hall–Kier alpha value is -3.31. The Morgan fingerprint density at radius 3 is 2.45 bits per heavy atom. The lowest BCUT2D eigenvalue weighted by molar-refractivity contribution is 0.184. The molecule has 1 aromatic heterocycles. The molecule has 0 saturated heterocycles. The van der Waals surface area contributed by atoms with E-state index in [1.165, 1.54) is 23.3 Å². The van der Waals surface area contributed by atoms with Gasteiger partial charge in [-0.05, 0) is 52.9 Å². The van der Waals surface area contributed by atoms with Crippen LogP contribution in [0.1, 0.15) is 11.1 Å². The van der Waals surface area contributed by atoms with Gasteiger partial charge in [-0.15, -0.1) is 0 Å². The zero-order valence-corrected chi connectivity index (χ0v) is 16.2. The molecule has 4 rings (SSSR count). The van der Waals surface area contributed by atoms with Gasteiger partial charge in [0.05, 0.1) is 12.1 Å². The topological polar surface area (TPSA) is 47.0 Å². The van der Waals surface area contributed by atoms with Gasteiger partial charge in [0.25, 0.3) is 0 Å². The van der Waals surface area contributed by atoms with Gasteiger partial charge in [0.1, 0.15) is 18.0 Å². The monoisotopic (exact) mass is 387 g/mol. The summed E-state index contributed by atoms with van der Waals surface area (Å²) in [5, 5.41) is 4.39. The normalized spacial score (nSPS) is 11.0. The first-order chi connectivity index (χ1) is 14.2. The largest absolute Gasteiger partial charge is 0.380 e. The van der Waals surface area contributed by atoms with E-state index in [1.807, 2.05) is 30.3 Å². The molecule has 0 radical (unpaired) electrons. The van der Waals surface area contributed by atoms with Crippen LogP contribution in [0.25, 0.3) is 22.0 Å². The molecular formula is C24H22FN3O. The number of hydrogen-bond acceptors (Lipinski definition) is 4. The standard InChI is InChI=1S/C24H22FN3O/c1-29-15-20-5-3-2-4-17(20)12-13-26-24-22-14-19(8-11-23(22)27-16-28-24)18-6-9-21(25)10-7-18/h2-11,14,16H,12-13,15H2,1H3,(H,26,27,28). The van der Waals surface area contributed by atoms with Crippen LogP contribution in [0.15, 0.2) is 73.1 Å². The van der Waals surface area contributed by atoms with E-state index < -0.39 is 0 Å². The second-order valence-electron chi connectivity index (χ2n) is 6.84. The molecule has 29 heavy (non-hydrogen) atoms. The molecule has 0 bridgehead atoms.